The Morgan fingerprint density at radius 1 is 1.00 bits per heavy atom. The molecule has 24 heavy (non-hydrogen) atoms. The van der Waals surface area contributed by atoms with Crippen LogP contribution in [0.15, 0.2) is 42.6 Å². The summed E-state index contributed by atoms with van der Waals surface area (Å²) in [6, 6.07) is 12.9. The van der Waals surface area contributed by atoms with E-state index in [-0.39, 0.29) is 0 Å². The highest BCUT2D eigenvalue weighted by atomic mass is 14.8. The number of hydrogen-bond acceptors (Lipinski definition) is 2. The molecule has 0 amide bonds. The summed E-state index contributed by atoms with van der Waals surface area (Å²) in [6.07, 6.45) is 4.62. The van der Waals surface area contributed by atoms with E-state index < -0.39 is 0 Å². The smallest absolute Gasteiger partial charge is 0.0967 e. The zero-order valence-electron chi connectivity index (χ0n) is 14.7. The van der Waals surface area contributed by atoms with E-state index in [0.717, 1.165) is 28.8 Å². The van der Waals surface area contributed by atoms with E-state index in [4.69, 9.17) is 4.98 Å². The summed E-state index contributed by atoms with van der Waals surface area (Å²) in [6.45, 7) is 7.25. The van der Waals surface area contributed by atoms with Crippen molar-refractivity contribution in [2.24, 2.45) is 23.2 Å². The normalized spacial score (nSPS) is 31.8. The predicted octanol–water partition coefficient (Wildman–Crippen LogP) is 5.57. The lowest BCUT2D eigenvalue weighted by Crippen LogP contribution is -2.11. The molecule has 2 saturated carbocycles. The Kier molecular flexibility index (Phi) is 2.87. The van der Waals surface area contributed by atoms with Gasteiger partial charge in [0.1, 0.15) is 0 Å². The maximum absolute atomic E-state index is 5.12. The first-order chi connectivity index (χ1) is 11.6. The van der Waals surface area contributed by atoms with Crippen molar-refractivity contribution in [3.63, 3.8) is 0 Å². The zero-order valence-corrected chi connectivity index (χ0v) is 14.7. The molecule has 0 bridgehead atoms. The monoisotopic (exact) mass is 316 g/mol. The molecule has 2 heteroatoms. The quantitative estimate of drug-likeness (QED) is 0.578. The number of pyridine rings is 2. The fraction of sp³-hybridized carbons (Fsp3) is 0.455. The molecule has 4 atom stereocenters. The van der Waals surface area contributed by atoms with Gasteiger partial charge in [0.2, 0.25) is 0 Å². The Morgan fingerprint density at radius 3 is 2.50 bits per heavy atom. The van der Waals surface area contributed by atoms with Crippen LogP contribution in [0.3, 0.4) is 0 Å². The van der Waals surface area contributed by atoms with Crippen molar-refractivity contribution in [1.82, 2.24) is 9.97 Å². The summed E-state index contributed by atoms with van der Waals surface area (Å²) >= 11 is 0. The average molecular weight is 316 g/mol. The zero-order chi connectivity index (χ0) is 16.5. The molecule has 2 nitrogen and oxygen atoms in total. The van der Waals surface area contributed by atoms with Gasteiger partial charge in [0.25, 0.3) is 0 Å². The van der Waals surface area contributed by atoms with Crippen LogP contribution >= 0.6 is 0 Å². The van der Waals surface area contributed by atoms with E-state index in [0.29, 0.717) is 11.3 Å². The third-order valence-corrected chi connectivity index (χ3v) is 7.03. The average Bonchev–Trinajstić information content (AvgIpc) is 3.28. The van der Waals surface area contributed by atoms with Crippen LogP contribution in [-0.4, -0.2) is 9.97 Å². The minimum atomic E-state index is 0.595. The fourth-order valence-corrected chi connectivity index (χ4v) is 5.39. The van der Waals surface area contributed by atoms with Gasteiger partial charge in [-0.05, 0) is 48.1 Å². The number of benzene rings is 1. The Bertz CT molecular complexity index is 945. The summed E-state index contributed by atoms with van der Waals surface area (Å²) < 4.78 is 0. The van der Waals surface area contributed by atoms with Crippen LogP contribution in [0.1, 0.15) is 45.2 Å². The number of aromatic nitrogens is 2. The van der Waals surface area contributed by atoms with Crippen molar-refractivity contribution < 1.29 is 0 Å². The van der Waals surface area contributed by atoms with Gasteiger partial charge in [0.15, 0.2) is 0 Å². The van der Waals surface area contributed by atoms with Gasteiger partial charge < -0.3 is 0 Å². The summed E-state index contributed by atoms with van der Waals surface area (Å²) in [7, 11) is 0. The van der Waals surface area contributed by atoms with E-state index >= 15 is 0 Å². The van der Waals surface area contributed by atoms with Crippen molar-refractivity contribution in [2.45, 2.75) is 39.5 Å². The van der Waals surface area contributed by atoms with Gasteiger partial charge in [-0.3, -0.25) is 9.97 Å². The SMILES string of the molecule is CC1C(c2ccc3ccc4cccnc4c3n2)CC2(C(C)C)CC12. The summed E-state index contributed by atoms with van der Waals surface area (Å²) in [5.74, 6) is 3.05. The fourth-order valence-electron chi connectivity index (χ4n) is 5.39. The minimum Gasteiger partial charge on any atom is -0.254 e. The lowest BCUT2D eigenvalue weighted by molar-refractivity contribution is 0.334. The molecule has 2 aliphatic carbocycles. The van der Waals surface area contributed by atoms with Gasteiger partial charge in [-0.1, -0.05) is 45.0 Å². The number of rotatable bonds is 2. The Hall–Kier alpha value is -1.96. The Morgan fingerprint density at radius 2 is 1.75 bits per heavy atom. The first kappa shape index (κ1) is 14.4. The first-order valence-electron chi connectivity index (χ1n) is 9.24. The van der Waals surface area contributed by atoms with E-state index in [1.165, 1.54) is 29.3 Å². The standard InChI is InChI=1S/C22H24N2/c1-13(2)22-11-17(14(3)18(22)12-22)19-9-8-16-7-6-15-5-4-10-23-20(15)21(16)24-19/h4-10,13-14,17-18H,11-12H2,1-3H3. The molecule has 0 spiro atoms. The molecule has 0 aliphatic heterocycles. The molecule has 3 aromatic rings. The molecule has 5 rings (SSSR count). The van der Waals surface area contributed by atoms with Gasteiger partial charge in [-0.15, -0.1) is 0 Å². The largest absolute Gasteiger partial charge is 0.254 e. The van der Waals surface area contributed by atoms with Crippen LogP contribution in [0.25, 0.3) is 21.8 Å². The topological polar surface area (TPSA) is 25.8 Å². The van der Waals surface area contributed by atoms with Gasteiger partial charge >= 0.3 is 0 Å². The molecular formula is C22H24N2. The highest BCUT2D eigenvalue weighted by Crippen LogP contribution is 2.73. The number of nitrogens with zero attached hydrogens (tertiary/aromatic N) is 2. The maximum Gasteiger partial charge on any atom is 0.0967 e. The van der Waals surface area contributed by atoms with E-state index in [2.05, 4.69) is 56.1 Å². The Balaban J connectivity index is 1.62. The maximum atomic E-state index is 5.12. The highest BCUT2D eigenvalue weighted by molar-refractivity contribution is 6.02. The van der Waals surface area contributed by atoms with Crippen molar-refractivity contribution >= 4 is 21.8 Å². The Labute approximate surface area is 143 Å². The third kappa shape index (κ3) is 1.83. The van der Waals surface area contributed by atoms with Gasteiger partial charge in [0, 0.05) is 28.6 Å². The van der Waals surface area contributed by atoms with Crippen LogP contribution in [0.2, 0.25) is 0 Å². The second-order valence-electron chi connectivity index (χ2n) is 8.32. The molecule has 2 aliphatic rings. The van der Waals surface area contributed by atoms with Crippen molar-refractivity contribution in [3.05, 3.63) is 48.3 Å². The van der Waals surface area contributed by atoms with E-state index in [9.17, 15) is 0 Å². The molecular weight excluding hydrogens is 292 g/mol. The molecule has 0 saturated heterocycles. The lowest BCUT2D eigenvalue weighted by atomic mass is 9.85. The molecule has 2 fully saturated rings. The number of hydrogen-bond donors (Lipinski definition) is 0. The molecule has 0 N–H and O–H groups in total. The van der Waals surface area contributed by atoms with Crippen LogP contribution in [0, 0.1) is 23.2 Å². The van der Waals surface area contributed by atoms with Gasteiger partial charge in [-0.25, -0.2) is 0 Å². The van der Waals surface area contributed by atoms with Crippen molar-refractivity contribution in [2.75, 3.05) is 0 Å². The van der Waals surface area contributed by atoms with Gasteiger partial charge in [-0.2, -0.15) is 0 Å². The van der Waals surface area contributed by atoms with Gasteiger partial charge in [0.05, 0.1) is 11.0 Å². The van der Waals surface area contributed by atoms with E-state index in [1.807, 2.05) is 12.3 Å². The summed E-state index contributed by atoms with van der Waals surface area (Å²) in [5, 5.41) is 2.37. The number of fused-ring (bicyclic) bond motifs is 4. The molecule has 122 valence electrons. The second-order valence-corrected chi connectivity index (χ2v) is 8.32. The molecule has 2 aromatic heterocycles. The summed E-state index contributed by atoms with van der Waals surface area (Å²) in [4.78, 5) is 9.72. The predicted molar refractivity (Wildman–Crippen MR) is 98.9 cm³/mol. The van der Waals surface area contributed by atoms with Crippen LogP contribution in [-0.2, 0) is 0 Å². The first-order valence-corrected chi connectivity index (χ1v) is 9.24. The van der Waals surface area contributed by atoms with Crippen LogP contribution in [0.4, 0.5) is 0 Å². The highest BCUT2D eigenvalue weighted by Gasteiger charge is 2.65. The molecule has 1 aromatic carbocycles. The lowest BCUT2D eigenvalue weighted by Gasteiger charge is -2.21. The molecule has 4 unspecified atom stereocenters. The second kappa shape index (κ2) is 4.78. The molecule has 0 radical (unpaired) electrons. The summed E-state index contributed by atoms with van der Waals surface area (Å²) in [5.41, 5.74) is 3.97. The van der Waals surface area contributed by atoms with Crippen molar-refractivity contribution in [1.29, 1.82) is 0 Å². The molecule has 2 heterocycles. The third-order valence-electron chi connectivity index (χ3n) is 7.03. The van der Waals surface area contributed by atoms with Crippen molar-refractivity contribution in [3.8, 4) is 0 Å². The van der Waals surface area contributed by atoms with Crippen LogP contribution in [0.5, 0.6) is 0 Å². The van der Waals surface area contributed by atoms with Crippen LogP contribution < -0.4 is 0 Å². The van der Waals surface area contributed by atoms with E-state index in [1.54, 1.807) is 0 Å². The minimum absolute atomic E-state index is 0.595.